The number of aromatic hydroxyl groups is 1. The van der Waals surface area contributed by atoms with Crippen LogP contribution < -0.4 is 20.3 Å². The van der Waals surface area contributed by atoms with Gasteiger partial charge in [0.05, 0.1) is 24.8 Å². The van der Waals surface area contributed by atoms with Crippen LogP contribution >= 0.6 is 11.3 Å². The van der Waals surface area contributed by atoms with Gasteiger partial charge in [0.1, 0.15) is 6.61 Å². The van der Waals surface area contributed by atoms with Crippen LogP contribution in [0.1, 0.15) is 16.1 Å². The lowest BCUT2D eigenvalue weighted by Gasteiger charge is -2.13. The molecule has 11 nitrogen and oxygen atoms in total. The SMILES string of the molecule is COc1cccc(COC(=O)Nc2ccsc2-c2nc(C(=O)O)c(O)c(=O)[nH]2)c1OC. The standard InChI is InChI=1S/C19H17N3O8S/c1-28-11-5-3-4-9(14(11)29-2)8-30-19(27)20-10-6-7-31-15(10)16-21-12(18(25)26)13(23)17(24)22-16/h3-7,23H,8H2,1-2H3,(H,20,27)(H,25,26)(H,21,22,24). The number of H-pyrrole nitrogens is 1. The van der Waals surface area contributed by atoms with E-state index in [1.807, 2.05) is 0 Å². The molecule has 0 unspecified atom stereocenters. The first-order valence-electron chi connectivity index (χ1n) is 8.63. The molecular formula is C19H17N3O8S. The maximum Gasteiger partial charge on any atom is 0.412 e. The fourth-order valence-electron chi connectivity index (χ4n) is 2.67. The van der Waals surface area contributed by atoms with Gasteiger partial charge in [0.2, 0.25) is 5.75 Å². The predicted octanol–water partition coefficient (Wildman–Crippen LogP) is 2.67. The van der Waals surface area contributed by atoms with Crippen molar-refractivity contribution in [2.24, 2.45) is 0 Å². The molecule has 4 N–H and O–H groups in total. The van der Waals surface area contributed by atoms with Crippen LogP contribution in [0.5, 0.6) is 17.2 Å². The van der Waals surface area contributed by atoms with Gasteiger partial charge in [-0.1, -0.05) is 12.1 Å². The molecule has 0 aliphatic carbocycles. The number of nitrogens with zero attached hydrogens (tertiary/aromatic N) is 1. The molecule has 12 heteroatoms. The van der Waals surface area contributed by atoms with E-state index >= 15 is 0 Å². The molecule has 0 saturated heterocycles. The maximum absolute atomic E-state index is 12.3. The van der Waals surface area contributed by atoms with E-state index in [-0.39, 0.29) is 23.0 Å². The zero-order valence-electron chi connectivity index (χ0n) is 16.3. The summed E-state index contributed by atoms with van der Waals surface area (Å²) < 4.78 is 15.7. The van der Waals surface area contributed by atoms with Crippen LogP contribution in [-0.4, -0.2) is 46.5 Å². The van der Waals surface area contributed by atoms with Crippen molar-refractivity contribution in [3.63, 3.8) is 0 Å². The first-order valence-corrected chi connectivity index (χ1v) is 9.51. The molecule has 31 heavy (non-hydrogen) atoms. The van der Waals surface area contributed by atoms with E-state index in [0.29, 0.717) is 17.1 Å². The topological polar surface area (TPSA) is 160 Å². The third kappa shape index (κ3) is 4.59. The van der Waals surface area contributed by atoms with Crippen LogP contribution in [0.3, 0.4) is 0 Å². The minimum Gasteiger partial charge on any atom is -0.501 e. The lowest BCUT2D eigenvalue weighted by atomic mass is 10.2. The highest BCUT2D eigenvalue weighted by Gasteiger charge is 2.20. The van der Waals surface area contributed by atoms with Crippen molar-refractivity contribution >= 4 is 29.1 Å². The molecule has 0 atom stereocenters. The number of methoxy groups -OCH3 is 2. The van der Waals surface area contributed by atoms with Crippen molar-refractivity contribution in [2.45, 2.75) is 6.61 Å². The number of carboxylic acids is 1. The second-order valence-electron chi connectivity index (χ2n) is 5.93. The Morgan fingerprint density at radius 3 is 2.68 bits per heavy atom. The molecule has 0 spiro atoms. The zero-order valence-corrected chi connectivity index (χ0v) is 17.1. The molecule has 0 aliphatic heterocycles. The number of thiophene rings is 1. The fourth-order valence-corrected chi connectivity index (χ4v) is 3.47. The lowest BCUT2D eigenvalue weighted by Crippen LogP contribution is -2.16. The van der Waals surface area contributed by atoms with Crippen molar-refractivity contribution in [1.82, 2.24) is 9.97 Å². The summed E-state index contributed by atoms with van der Waals surface area (Å²) in [5.41, 5.74) is -1.00. The van der Waals surface area contributed by atoms with Crippen molar-refractivity contribution < 1.29 is 34.0 Å². The smallest absolute Gasteiger partial charge is 0.412 e. The van der Waals surface area contributed by atoms with E-state index in [1.165, 1.54) is 20.3 Å². The molecule has 0 aliphatic rings. The van der Waals surface area contributed by atoms with Gasteiger partial charge in [-0.25, -0.2) is 14.6 Å². The Kier molecular flexibility index (Phi) is 6.40. The van der Waals surface area contributed by atoms with Crippen molar-refractivity contribution in [2.75, 3.05) is 19.5 Å². The summed E-state index contributed by atoms with van der Waals surface area (Å²) in [6.45, 7) is -0.108. The van der Waals surface area contributed by atoms with Gasteiger partial charge >= 0.3 is 12.1 Å². The number of aromatic carboxylic acids is 1. The zero-order chi connectivity index (χ0) is 22.5. The van der Waals surface area contributed by atoms with Crippen molar-refractivity contribution in [1.29, 1.82) is 0 Å². The highest BCUT2D eigenvalue weighted by molar-refractivity contribution is 7.14. The first kappa shape index (κ1) is 21.6. The molecule has 1 aromatic carbocycles. The molecule has 3 aromatic rings. The van der Waals surface area contributed by atoms with Gasteiger partial charge in [0, 0.05) is 5.56 Å². The molecule has 1 amide bonds. The molecule has 2 aromatic heterocycles. The maximum atomic E-state index is 12.3. The highest BCUT2D eigenvalue weighted by Crippen LogP contribution is 2.33. The number of amides is 1. The summed E-state index contributed by atoms with van der Waals surface area (Å²) in [6.07, 6.45) is -0.802. The van der Waals surface area contributed by atoms with Gasteiger partial charge in [-0.2, -0.15) is 0 Å². The van der Waals surface area contributed by atoms with Gasteiger partial charge in [-0.3, -0.25) is 10.1 Å². The van der Waals surface area contributed by atoms with E-state index in [2.05, 4.69) is 15.3 Å². The van der Waals surface area contributed by atoms with Crippen LogP contribution in [0, 0.1) is 0 Å². The monoisotopic (exact) mass is 447 g/mol. The number of aromatic nitrogens is 2. The number of anilines is 1. The van der Waals surface area contributed by atoms with Gasteiger partial charge < -0.3 is 29.4 Å². The lowest BCUT2D eigenvalue weighted by molar-refractivity contribution is 0.0686. The number of nitrogens with one attached hydrogen (secondary N) is 2. The molecule has 0 bridgehead atoms. The van der Waals surface area contributed by atoms with Crippen LogP contribution in [0.4, 0.5) is 10.5 Å². The predicted molar refractivity (Wildman–Crippen MR) is 110 cm³/mol. The number of hydrogen-bond acceptors (Lipinski definition) is 9. The number of ether oxygens (including phenoxy) is 3. The normalized spacial score (nSPS) is 10.4. The Balaban J connectivity index is 1.78. The summed E-state index contributed by atoms with van der Waals surface area (Å²) in [4.78, 5) is 41.6. The first-order chi connectivity index (χ1) is 14.8. The van der Waals surface area contributed by atoms with E-state index in [0.717, 1.165) is 11.3 Å². The molecule has 0 radical (unpaired) electrons. The molecular weight excluding hydrogens is 430 g/mol. The average molecular weight is 447 g/mol. The third-order valence-corrected chi connectivity index (χ3v) is 4.98. The summed E-state index contributed by atoms with van der Waals surface area (Å²) in [5.74, 6) is -1.78. The summed E-state index contributed by atoms with van der Waals surface area (Å²) in [7, 11) is 2.96. The quantitative estimate of drug-likeness (QED) is 0.427. The minimum atomic E-state index is -1.57. The number of hydrogen-bond donors (Lipinski definition) is 4. The Labute approximate surface area is 178 Å². The minimum absolute atomic E-state index is 0.108. The van der Waals surface area contributed by atoms with E-state index < -0.39 is 29.1 Å². The number of aromatic amines is 1. The molecule has 3 rings (SSSR count). The van der Waals surface area contributed by atoms with Gasteiger partial charge in [0.15, 0.2) is 23.0 Å². The van der Waals surface area contributed by atoms with Crippen molar-refractivity contribution in [3.05, 3.63) is 51.3 Å². The number of benzene rings is 1. The van der Waals surface area contributed by atoms with Gasteiger partial charge in [-0.05, 0) is 17.5 Å². The Morgan fingerprint density at radius 1 is 1.23 bits per heavy atom. The number of carbonyl (C=O) groups excluding carboxylic acids is 1. The van der Waals surface area contributed by atoms with Crippen LogP contribution in [0.25, 0.3) is 10.7 Å². The highest BCUT2D eigenvalue weighted by atomic mass is 32.1. The molecule has 0 saturated carbocycles. The second-order valence-corrected chi connectivity index (χ2v) is 6.85. The summed E-state index contributed by atoms with van der Waals surface area (Å²) in [5, 5.41) is 22.8. The second kappa shape index (κ2) is 9.17. The number of rotatable bonds is 7. The number of carboxylic acid groups (broad SMARTS) is 1. The third-order valence-electron chi connectivity index (χ3n) is 4.06. The van der Waals surface area contributed by atoms with Crippen LogP contribution in [0.2, 0.25) is 0 Å². The average Bonchev–Trinajstić information content (AvgIpc) is 3.21. The van der Waals surface area contributed by atoms with Crippen LogP contribution in [0.15, 0.2) is 34.4 Å². The Morgan fingerprint density at radius 2 is 2.00 bits per heavy atom. The Bertz CT molecular complexity index is 1190. The van der Waals surface area contributed by atoms with E-state index in [1.54, 1.807) is 23.6 Å². The van der Waals surface area contributed by atoms with E-state index in [4.69, 9.17) is 19.3 Å². The van der Waals surface area contributed by atoms with Crippen LogP contribution in [-0.2, 0) is 11.3 Å². The van der Waals surface area contributed by atoms with Crippen molar-refractivity contribution in [3.8, 4) is 28.0 Å². The van der Waals surface area contributed by atoms with Gasteiger partial charge in [-0.15, -0.1) is 11.3 Å². The summed E-state index contributed by atoms with van der Waals surface area (Å²) in [6, 6.07) is 6.67. The van der Waals surface area contributed by atoms with E-state index in [9.17, 15) is 19.5 Å². The molecule has 2 heterocycles. The van der Waals surface area contributed by atoms with Gasteiger partial charge in [0.25, 0.3) is 5.56 Å². The molecule has 162 valence electrons. The summed E-state index contributed by atoms with van der Waals surface area (Å²) >= 11 is 1.09. The molecule has 0 fully saturated rings. The largest absolute Gasteiger partial charge is 0.501 e. The number of carbonyl (C=O) groups is 2. The number of para-hydroxylation sites is 1. The fraction of sp³-hybridized carbons (Fsp3) is 0.158. The Hall–Kier alpha value is -4.06.